The first-order valence-corrected chi connectivity index (χ1v) is 5.94. The Hall–Kier alpha value is -2.83. The fraction of sp³-hybridized carbons (Fsp3) is 0.154. The highest BCUT2D eigenvalue weighted by Gasteiger charge is 2.15. The summed E-state index contributed by atoms with van der Waals surface area (Å²) >= 11 is 0. The van der Waals surface area contributed by atoms with Gasteiger partial charge >= 0.3 is 6.03 Å². The van der Waals surface area contributed by atoms with Gasteiger partial charge in [-0.15, -0.1) is 0 Å². The van der Waals surface area contributed by atoms with E-state index >= 15 is 0 Å². The molecule has 7 nitrogen and oxygen atoms in total. The van der Waals surface area contributed by atoms with Crippen molar-refractivity contribution in [1.82, 2.24) is 9.78 Å². The normalized spacial score (nSPS) is 10.1. The molecule has 2 aromatic rings. The number of hydrogen-bond donors (Lipinski definition) is 3. The molecule has 0 atom stereocenters. The van der Waals surface area contributed by atoms with Crippen molar-refractivity contribution in [3.63, 3.8) is 0 Å². The number of nitrogens with two attached hydrogens (primary N) is 1. The number of nitrogens with one attached hydrogen (secondary N) is 2. The van der Waals surface area contributed by atoms with Gasteiger partial charge in [-0.05, 0) is 19.1 Å². The van der Waals surface area contributed by atoms with E-state index in [1.807, 2.05) is 19.1 Å². The van der Waals surface area contributed by atoms with Gasteiger partial charge in [0.05, 0.1) is 11.9 Å². The lowest BCUT2D eigenvalue weighted by Crippen LogP contribution is -2.23. The molecule has 1 heterocycles. The minimum absolute atomic E-state index is 0.143. The van der Waals surface area contributed by atoms with Crippen LogP contribution in [0.3, 0.4) is 0 Å². The molecule has 3 amide bonds. The SMILES string of the molecule is Cc1ccc(NC(=O)Nc2cnn(C)c2C(N)=O)cc1. The number of anilines is 2. The van der Waals surface area contributed by atoms with Gasteiger partial charge in [0, 0.05) is 12.7 Å². The van der Waals surface area contributed by atoms with Crippen LogP contribution >= 0.6 is 0 Å². The summed E-state index contributed by atoms with van der Waals surface area (Å²) < 4.78 is 1.31. The molecule has 0 unspecified atom stereocenters. The zero-order chi connectivity index (χ0) is 14.7. The van der Waals surface area contributed by atoms with Crippen LogP contribution in [0.15, 0.2) is 30.5 Å². The van der Waals surface area contributed by atoms with E-state index in [-0.39, 0.29) is 11.4 Å². The Kier molecular flexibility index (Phi) is 3.69. The third-order valence-corrected chi connectivity index (χ3v) is 2.73. The third kappa shape index (κ3) is 2.94. The number of aromatic nitrogens is 2. The molecule has 0 spiro atoms. The van der Waals surface area contributed by atoms with E-state index in [1.54, 1.807) is 19.2 Å². The van der Waals surface area contributed by atoms with Gasteiger partial charge in [-0.2, -0.15) is 5.10 Å². The second kappa shape index (κ2) is 5.43. The van der Waals surface area contributed by atoms with Gasteiger partial charge in [0.1, 0.15) is 5.69 Å². The van der Waals surface area contributed by atoms with E-state index in [4.69, 9.17) is 5.73 Å². The van der Waals surface area contributed by atoms with Crippen LogP contribution in [-0.2, 0) is 7.05 Å². The summed E-state index contributed by atoms with van der Waals surface area (Å²) in [6, 6.07) is 6.87. The predicted octanol–water partition coefficient (Wildman–Crippen LogP) is 1.47. The second-order valence-corrected chi connectivity index (χ2v) is 4.34. The van der Waals surface area contributed by atoms with Crippen molar-refractivity contribution in [3.05, 3.63) is 41.7 Å². The van der Waals surface area contributed by atoms with E-state index in [0.29, 0.717) is 5.69 Å². The van der Waals surface area contributed by atoms with E-state index in [1.165, 1.54) is 10.9 Å². The maximum absolute atomic E-state index is 11.8. The smallest absolute Gasteiger partial charge is 0.323 e. The van der Waals surface area contributed by atoms with E-state index < -0.39 is 11.9 Å². The second-order valence-electron chi connectivity index (χ2n) is 4.34. The molecule has 104 valence electrons. The van der Waals surface area contributed by atoms with Gasteiger partial charge < -0.3 is 16.4 Å². The van der Waals surface area contributed by atoms with Crippen LogP contribution in [0.25, 0.3) is 0 Å². The Morgan fingerprint density at radius 1 is 1.20 bits per heavy atom. The van der Waals surface area contributed by atoms with Crippen molar-refractivity contribution in [1.29, 1.82) is 0 Å². The number of hydrogen-bond acceptors (Lipinski definition) is 3. The van der Waals surface area contributed by atoms with Crippen molar-refractivity contribution in [3.8, 4) is 0 Å². The number of urea groups is 1. The summed E-state index contributed by atoms with van der Waals surface area (Å²) in [5, 5.41) is 9.08. The van der Waals surface area contributed by atoms with Gasteiger partial charge in [-0.1, -0.05) is 17.7 Å². The highest BCUT2D eigenvalue weighted by Crippen LogP contribution is 2.14. The molecule has 0 radical (unpaired) electrons. The number of amides is 3. The largest absolute Gasteiger partial charge is 0.364 e. The summed E-state index contributed by atoms with van der Waals surface area (Å²) in [7, 11) is 1.57. The molecule has 0 aliphatic carbocycles. The lowest BCUT2D eigenvalue weighted by Gasteiger charge is -2.07. The molecular weight excluding hydrogens is 258 g/mol. The molecule has 0 aliphatic heterocycles. The summed E-state index contributed by atoms with van der Waals surface area (Å²) in [6.45, 7) is 1.96. The first-order valence-electron chi connectivity index (χ1n) is 5.94. The first-order chi connectivity index (χ1) is 9.47. The van der Waals surface area contributed by atoms with Crippen LogP contribution in [-0.4, -0.2) is 21.7 Å². The number of nitrogens with zero attached hydrogens (tertiary/aromatic N) is 2. The lowest BCUT2D eigenvalue weighted by atomic mass is 10.2. The molecule has 1 aromatic carbocycles. The highest BCUT2D eigenvalue weighted by molar-refractivity contribution is 6.05. The van der Waals surface area contributed by atoms with E-state index in [9.17, 15) is 9.59 Å². The quantitative estimate of drug-likeness (QED) is 0.789. The summed E-state index contributed by atoms with van der Waals surface area (Å²) in [6.07, 6.45) is 1.37. The zero-order valence-electron chi connectivity index (χ0n) is 11.2. The minimum atomic E-state index is -0.657. The van der Waals surface area contributed by atoms with Gasteiger partial charge in [0.25, 0.3) is 5.91 Å². The van der Waals surface area contributed by atoms with Gasteiger partial charge in [-0.25, -0.2) is 4.79 Å². The molecule has 1 aromatic heterocycles. The Labute approximate surface area is 115 Å². The highest BCUT2D eigenvalue weighted by atomic mass is 16.2. The fourth-order valence-corrected chi connectivity index (χ4v) is 1.74. The van der Waals surface area contributed by atoms with Crippen LogP contribution in [0.2, 0.25) is 0 Å². The van der Waals surface area contributed by atoms with E-state index in [2.05, 4.69) is 15.7 Å². The molecule has 0 saturated carbocycles. The zero-order valence-corrected chi connectivity index (χ0v) is 11.2. The van der Waals surface area contributed by atoms with Crippen molar-refractivity contribution in [2.75, 3.05) is 10.6 Å². The number of aryl methyl sites for hydroxylation is 2. The molecule has 4 N–H and O–H groups in total. The Bertz CT molecular complexity index is 645. The maximum Gasteiger partial charge on any atom is 0.323 e. The number of carbonyl (C=O) groups excluding carboxylic acids is 2. The average molecular weight is 273 g/mol. The molecule has 0 aliphatic rings. The predicted molar refractivity (Wildman–Crippen MR) is 75.5 cm³/mol. The molecule has 0 fully saturated rings. The molecular formula is C13H15N5O2. The number of rotatable bonds is 3. The topological polar surface area (TPSA) is 102 Å². The first kappa shape index (κ1) is 13.6. The molecule has 0 saturated heterocycles. The monoisotopic (exact) mass is 273 g/mol. The van der Waals surface area contributed by atoms with Crippen molar-refractivity contribution >= 4 is 23.3 Å². The Balaban J connectivity index is 2.09. The van der Waals surface area contributed by atoms with Gasteiger partial charge in [-0.3, -0.25) is 9.48 Å². The lowest BCUT2D eigenvalue weighted by molar-refractivity contribution is 0.0992. The minimum Gasteiger partial charge on any atom is -0.364 e. The van der Waals surface area contributed by atoms with Gasteiger partial charge in [0.15, 0.2) is 0 Å². The average Bonchev–Trinajstić information content (AvgIpc) is 2.73. The molecule has 2 rings (SSSR count). The van der Waals surface area contributed by atoms with Gasteiger partial charge in [0.2, 0.25) is 0 Å². The van der Waals surface area contributed by atoms with Crippen molar-refractivity contribution < 1.29 is 9.59 Å². The number of carbonyl (C=O) groups is 2. The Morgan fingerprint density at radius 3 is 2.45 bits per heavy atom. The number of benzene rings is 1. The van der Waals surface area contributed by atoms with Crippen molar-refractivity contribution in [2.24, 2.45) is 12.8 Å². The summed E-state index contributed by atoms with van der Waals surface area (Å²) in [5.74, 6) is -0.657. The molecule has 20 heavy (non-hydrogen) atoms. The summed E-state index contributed by atoms with van der Waals surface area (Å²) in [4.78, 5) is 23.1. The molecule has 0 bridgehead atoms. The van der Waals surface area contributed by atoms with E-state index in [0.717, 1.165) is 5.56 Å². The van der Waals surface area contributed by atoms with Crippen LogP contribution in [0.1, 0.15) is 16.1 Å². The summed E-state index contributed by atoms with van der Waals surface area (Å²) in [5.41, 5.74) is 7.39. The van der Waals surface area contributed by atoms with Crippen LogP contribution in [0, 0.1) is 6.92 Å². The van der Waals surface area contributed by atoms with Crippen LogP contribution in [0.4, 0.5) is 16.2 Å². The maximum atomic E-state index is 11.8. The fourth-order valence-electron chi connectivity index (χ4n) is 1.74. The number of primary amides is 1. The van der Waals surface area contributed by atoms with Crippen LogP contribution in [0.5, 0.6) is 0 Å². The molecule has 7 heteroatoms. The van der Waals surface area contributed by atoms with Crippen molar-refractivity contribution in [2.45, 2.75) is 6.92 Å². The standard InChI is InChI=1S/C13H15N5O2/c1-8-3-5-9(6-4-8)16-13(20)17-10-7-15-18(2)11(10)12(14)19/h3-7H,1-2H3,(H2,14,19)(H2,16,17,20). The third-order valence-electron chi connectivity index (χ3n) is 2.73. The van der Waals surface area contributed by atoms with Crippen LogP contribution < -0.4 is 16.4 Å². The Morgan fingerprint density at radius 2 is 1.85 bits per heavy atom.